The van der Waals surface area contributed by atoms with E-state index in [9.17, 15) is 16.8 Å². The Bertz CT molecular complexity index is 891. The highest BCUT2D eigenvalue weighted by molar-refractivity contribution is 7.92. The van der Waals surface area contributed by atoms with E-state index >= 15 is 0 Å². The van der Waals surface area contributed by atoms with Crippen LogP contribution in [0.15, 0.2) is 17.0 Å². The third-order valence-electron chi connectivity index (χ3n) is 5.74. The number of sulfone groups is 1. The molecule has 1 aromatic rings. The Morgan fingerprint density at radius 1 is 1.00 bits per heavy atom. The molecule has 1 aliphatic rings. The van der Waals surface area contributed by atoms with Crippen LogP contribution in [-0.2, 0) is 19.9 Å². The van der Waals surface area contributed by atoms with E-state index in [0.29, 0.717) is 29.8 Å². The highest BCUT2D eigenvalue weighted by Gasteiger charge is 2.39. The Balaban J connectivity index is 2.35. The van der Waals surface area contributed by atoms with E-state index in [2.05, 4.69) is 18.7 Å². The van der Waals surface area contributed by atoms with Gasteiger partial charge in [-0.05, 0) is 76.0 Å². The van der Waals surface area contributed by atoms with Crippen molar-refractivity contribution in [1.29, 1.82) is 0 Å². The summed E-state index contributed by atoms with van der Waals surface area (Å²) in [5, 5.41) is 0. The molecular weight excluding hydrogens is 396 g/mol. The number of nitrogens with zero attached hydrogens (tertiary/aromatic N) is 2. The fraction of sp³-hybridized carbons (Fsp3) is 0.700. The molecule has 8 heteroatoms. The molecule has 6 nitrogen and oxygen atoms in total. The minimum atomic E-state index is -3.77. The maximum absolute atomic E-state index is 13.5. The number of rotatable bonds is 9. The van der Waals surface area contributed by atoms with Crippen LogP contribution >= 0.6 is 0 Å². The lowest BCUT2D eigenvalue weighted by atomic mass is 10.1. The normalized spacial score (nSPS) is 19.6. The third-order valence-corrected chi connectivity index (χ3v) is 9.59. The van der Waals surface area contributed by atoms with E-state index < -0.39 is 25.9 Å². The quantitative estimate of drug-likeness (QED) is 0.602. The van der Waals surface area contributed by atoms with Crippen LogP contribution < -0.4 is 0 Å². The molecule has 0 radical (unpaired) electrons. The van der Waals surface area contributed by atoms with Crippen molar-refractivity contribution in [2.24, 2.45) is 0 Å². The summed E-state index contributed by atoms with van der Waals surface area (Å²) < 4.78 is 52.6. The second-order valence-electron chi connectivity index (χ2n) is 7.76. The number of hydrogen-bond donors (Lipinski definition) is 0. The Hall–Kier alpha value is -0.960. The van der Waals surface area contributed by atoms with Gasteiger partial charge in [0.05, 0.1) is 16.4 Å². The van der Waals surface area contributed by atoms with Gasteiger partial charge in [-0.25, -0.2) is 16.8 Å². The van der Waals surface area contributed by atoms with Crippen LogP contribution in [0, 0.1) is 20.8 Å². The number of hydrogen-bond acceptors (Lipinski definition) is 5. The standard InChI is InChI=1S/C20H34N2O4S2/c1-6-21(7-2)10-8-11-22(19-9-12-27(23,24)15-19)28(25,26)20-14-17(4)16(3)13-18(20)5/h13-14,19H,6-12,15H2,1-5H3/t19-/m1/s1. The van der Waals surface area contributed by atoms with Crippen LogP contribution in [0.5, 0.6) is 0 Å². The molecule has 0 unspecified atom stereocenters. The van der Waals surface area contributed by atoms with Crippen molar-refractivity contribution >= 4 is 19.9 Å². The lowest BCUT2D eigenvalue weighted by Gasteiger charge is -2.29. The molecule has 0 spiro atoms. The summed E-state index contributed by atoms with van der Waals surface area (Å²) in [7, 11) is -6.94. The summed E-state index contributed by atoms with van der Waals surface area (Å²) >= 11 is 0. The highest BCUT2D eigenvalue weighted by Crippen LogP contribution is 2.28. The van der Waals surface area contributed by atoms with Crippen LogP contribution in [0.25, 0.3) is 0 Å². The Labute approximate surface area is 170 Å². The summed E-state index contributed by atoms with van der Waals surface area (Å²) in [5.74, 6) is -0.0208. The molecule has 0 saturated carbocycles. The zero-order valence-corrected chi connectivity index (χ0v) is 19.4. The largest absolute Gasteiger partial charge is 0.304 e. The maximum Gasteiger partial charge on any atom is 0.243 e. The van der Waals surface area contributed by atoms with Crippen LogP contribution in [0.1, 0.15) is 43.4 Å². The first-order valence-corrected chi connectivity index (χ1v) is 13.3. The topological polar surface area (TPSA) is 74.8 Å². The number of benzene rings is 1. The summed E-state index contributed by atoms with van der Waals surface area (Å²) in [4.78, 5) is 2.54. The summed E-state index contributed by atoms with van der Waals surface area (Å²) in [5.41, 5.74) is 2.68. The summed E-state index contributed by atoms with van der Waals surface area (Å²) in [6.07, 6.45) is 1.05. The van der Waals surface area contributed by atoms with Gasteiger partial charge in [0.2, 0.25) is 10.0 Å². The average Bonchev–Trinajstić information content (AvgIpc) is 2.97. The fourth-order valence-electron chi connectivity index (χ4n) is 3.83. The molecule has 0 aromatic heterocycles. The van der Waals surface area contributed by atoms with Gasteiger partial charge in [0.25, 0.3) is 0 Å². The van der Waals surface area contributed by atoms with E-state index in [1.165, 1.54) is 4.31 Å². The van der Waals surface area contributed by atoms with Crippen molar-refractivity contribution in [3.63, 3.8) is 0 Å². The smallest absolute Gasteiger partial charge is 0.243 e. The van der Waals surface area contributed by atoms with Gasteiger partial charge < -0.3 is 4.90 Å². The predicted molar refractivity (Wildman–Crippen MR) is 114 cm³/mol. The molecule has 160 valence electrons. The first-order valence-electron chi connectivity index (χ1n) is 10.0. The van der Waals surface area contributed by atoms with E-state index in [1.54, 1.807) is 13.0 Å². The molecular formula is C20H34N2O4S2. The first-order chi connectivity index (χ1) is 13.0. The van der Waals surface area contributed by atoms with Crippen molar-refractivity contribution in [3.8, 4) is 0 Å². The zero-order chi connectivity index (χ0) is 21.1. The molecule has 28 heavy (non-hydrogen) atoms. The third kappa shape index (κ3) is 5.34. The molecule has 1 atom stereocenters. The van der Waals surface area contributed by atoms with Gasteiger partial charge in [-0.2, -0.15) is 4.31 Å². The maximum atomic E-state index is 13.5. The highest BCUT2D eigenvalue weighted by atomic mass is 32.2. The SMILES string of the molecule is CCN(CC)CCCN([C@@H]1CCS(=O)(=O)C1)S(=O)(=O)c1cc(C)c(C)cc1C. The van der Waals surface area contributed by atoms with Crippen molar-refractivity contribution in [2.75, 3.05) is 37.7 Å². The second kappa shape index (κ2) is 9.24. The number of aryl methyl sites for hydroxylation is 3. The van der Waals surface area contributed by atoms with Gasteiger partial charge in [-0.1, -0.05) is 19.9 Å². The molecule has 0 N–H and O–H groups in total. The molecule has 1 saturated heterocycles. The predicted octanol–water partition coefficient (Wildman–Crippen LogP) is 2.52. The molecule has 0 aliphatic carbocycles. The molecule has 1 aliphatic heterocycles. The Morgan fingerprint density at radius 3 is 2.14 bits per heavy atom. The lowest BCUT2D eigenvalue weighted by molar-refractivity contribution is 0.269. The zero-order valence-electron chi connectivity index (χ0n) is 17.7. The van der Waals surface area contributed by atoms with Crippen LogP contribution in [0.3, 0.4) is 0 Å². The van der Waals surface area contributed by atoms with Crippen molar-refractivity contribution in [2.45, 2.75) is 58.4 Å². The monoisotopic (exact) mass is 430 g/mol. The number of sulfonamides is 1. The van der Waals surface area contributed by atoms with Crippen molar-refractivity contribution in [1.82, 2.24) is 9.21 Å². The molecule has 0 amide bonds. The minimum absolute atomic E-state index is 0.0612. The van der Waals surface area contributed by atoms with Gasteiger partial charge in [0, 0.05) is 12.6 Å². The molecule has 2 rings (SSSR count). The Morgan fingerprint density at radius 2 is 1.61 bits per heavy atom. The van der Waals surface area contributed by atoms with E-state index in [-0.39, 0.29) is 11.5 Å². The molecule has 1 fully saturated rings. The van der Waals surface area contributed by atoms with Gasteiger partial charge in [0.1, 0.15) is 0 Å². The Kier molecular flexibility index (Phi) is 7.69. The minimum Gasteiger partial charge on any atom is -0.304 e. The fourth-order valence-corrected chi connectivity index (χ4v) is 7.64. The second-order valence-corrected chi connectivity index (χ2v) is 11.8. The van der Waals surface area contributed by atoms with Gasteiger partial charge in [0.15, 0.2) is 9.84 Å². The van der Waals surface area contributed by atoms with Crippen LogP contribution in [-0.4, -0.2) is 69.8 Å². The van der Waals surface area contributed by atoms with Gasteiger partial charge in [-0.3, -0.25) is 0 Å². The molecule has 1 heterocycles. The van der Waals surface area contributed by atoms with Crippen molar-refractivity contribution in [3.05, 3.63) is 28.8 Å². The summed E-state index contributed by atoms with van der Waals surface area (Å²) in [6, 6.07) is 3.13. The van der Waals surface area contributed by atoms with Gasteiger partial charge in [-0.15, -0.1) is 0 Å². The van der Waals surface area contributed by atoms with E-state index in [0.717, 1.165) is 30.8 Å². The van der Waals surface area contributed by atoms with Crippen molar-refractivity contribution < 1.29 is 16.8 Å². The van der Waals surface area contributed by atoms with Crippen LogP contribution in [0.2, 0.25) is 0 Å². The molecule has 1 aromatic carbocycles. The van der Waals surface area contributed by atoms with Crippen LogP contribution in [0.4, 0.5) is 0 Å². The molecule has 0 bridgehead atoms. The summed E-state index contributed by atoms with van der Waals surface area (Å²) in [6.45, 7) is 12.8. The lowest BCUT2D eigenvalue weighted by Crippen LogP contribution is -2.43. The first kappa shape index (κ1) is 23.3. The van der Waals surface area contributed by atoms with Gasteiger partial charge >= 0.3 is 0 Å². The van der Waals surface area contributed by atoms with E-state index in [1.807, 2.05) is 19.9 Å². The van der Waals surface area contributed by atoms with E-state index in [4.69, 9.17) is 0 Å². The average molecular weight is 431 g/mol.